The van der Waals surface area contributed by atoms with E-state index in [2.05, 4.69) is 14.9 Å². The zero-order valence-corrected chi connectivity index (χ0v) is 14.7. The molecule has 0 N–H and O–H groups in total. The molecule has 0 radical (unpaired) electrons. The van der Waals surface area contributed by atoms with Crippen LogP contribution in [-0.2, 0) is 0 Å². The van der Waals surface area contributed by atoms with Crippen molar-refractivity contribution in [2.75, 3.05) is 50.1 Å². The molecule has 7 heteroatoms. The average molecular weight is 343 g/mol. The van der Waals surface area contributed by atoms with E-state index in [-0.39, 0.29) is 5.91 Å². The van der Waals surface area contributed by atoms with Gasteiger partial charge in [-0.25, -0.2) is 14.4 Å². The van der Waals surface area contributed by atoms with E-state index >= 15 is 0 Å². The Hall–Kier alpha value is -2.70. The molecule has 1 fully saturated rings. The SMILES string of the molecule is Cc1nc(N(C)C)cc(N2CCN(C(=O)c3cccc(F)c3)CC2)n1. The summed E-state index contributed by atoms with van der Waals surface area (Å²) in [6.45, 7) is 4.40. The number of hydrogen-bond acceptors (Lipinski definition) is 5. The second-order valence-electron chi connectivity index (χ2n) is 6.32. The molecule has 1 aliphatic rings. The number of carbonyl (C=O) groups excluding carboxylic acids is 1. The molecule has 1 aromatic carbocycles. The van der Waals surface area contributed by atoms with E-state index in [0.717, 1.165) is 17.5 Å². The molecule has 0 saturated carbocycles. The topological polar surface area (TPSA) is 52.6 Å². The molecule has 2 heterocycles. The fraction of sp³-hybridized carbons (Fsp3) is 0.389. The maximum atomic E-state index is 13.3. The summed E-state index contributed by atoms with van der Waals surface area (Å²) in [5.41, 5.74) is 0.390. The number of carbonyl (C=O) groups is 1. The summed E-state index contributed by atoms with van der Waals surface area (Å²) in [7, 11) is 3.89. The van der Waals surface area contributed by atoms with Crippen molar-refractivity contribution in [2.45, 2.75) is 6.92 Å². The Morgan fingerprint density at radius 3 is 2.48 bits per heavy atom. The van der Waals surface area contributed by atoms with Crippen LogP contribution in [0.5, 0.6) is 0 Å². The molecule has 0 unspecified atom stereocenters. The molecule has 2 aromatic rings. The Bertz CT molecular complexity index is 772. The number of benzene rings is 1. The zero-order chi connectivity index (χ0) is 18.0. The van der Waals surface area contributed by atoms with E-state index in [9.17, 15) is 9.18 Å². The molecule has 3 rings (SSSR count). The number of aryl methyl sites for hydroxylation is 1. The first kappa shape index (κ1) is 17.1. The Morgan fingerprint density at radius 2 is 1.84 bits per heavy atom. The third-order valence-corrected chi connectivity index (χ3v) is 4.23. The second kappa shape index (κ2) is 7.04. The number of hydrogen-bond donors (Lipinski definition) is 0. The number of aromatic nitrogens is 2. The van der Waals surface area contributed by atoms with Crippen LogP contribution in [0.1, 0.15) is 16.2 Å². The Labute approximate surface area is 146 Å². The standard InChI is InChI=1S/C18H22FN5O/c1-13-20-16(22(2)3)12-17(21-13)23-7-9-24(10-8-23)18(25)14-5-4-6-15(19)11-14/h4-6,11-12H,7-10H2,1-3H3. The van der Waals surface area contributed by atoms with Gasteiger partial charge >= 0.3 is 0 Å². The quantitative estimate of drug-likeness (QED) is 0.853. The molecule has 0 atom stereocenters. The number of nitrogens with zero attached hydrogens (tertiary/aromatic N) is 5. The fourth-order valence-corrected chi connectivity index (χ4v) is 2.87. The lowest BCUT2D eigenvalue weighted by Crippen LogP contribution is -2.49. The van der Waals surface area contributed by atoms with Crippen LogP contribution in [0.4, 0.5) is 16.0 Å². The molecule has 1 aliphatic heterocycles. The maximum Gasteiger partial charge on any atom is 0.254 e. The summed E-state index contributed by atoms with van der Waals surface area (Å²) in [6, 6.07) is 7.79. The van der Waals surface area contributed by atoms with E-state index in [1.807, 2.05) is 32.0 Å². The molecule has 0 bridgehead atoms. The monoisotopic (exact) mass is 343 g/mol. The van der Waals surface area contributed by atoms with Gasteiger partial charge < -0.3 is 14.7 Å². The smallest absolute Gasteiger partial charge is 0.254 e. The van der Waals surface area contributed by atoms with E-state index in [4.69, 9.17) is 0 Å². The lowest BCUT2D eigenvalue weighted by molar-refractivity contribution is 0.0746. The number of halogens is 1. The normalized spacial score (nSPS) is 14.6. The van der Waals surface area contributed by atoms with Gasteiger partial charge in [0, 0.05) is 51.9 Å². The third-order valence-electron chi connectivity index (χ3n) is 4.23. The minimum Gasteiger partial charge on any atom is -0.363 e. The maximum absolute atomic E-state index is 13.3. The van der Waals surface area contributed by atoms with E-state index < -0.39 is 5.82 Å². The van der Waals surface area contributed by atoms with Gasteiger partial charge in [-0.15, -0.1) is 0 Å². The predicted octanol–water partition coefficient (Wildman–Crippen LogP) is 1.95. The van der Waals surface area contributed by atoms with Crippen LogP contribution in [-0.4, -0.2) is 61.0 Å². The molecule has 132 valence electrons. The molecular formula is C18H22FN5O. The van der Waals surface area contributed by atoms with Crippen molar-refractivity contribution < 1.29 is 9.18 Å². The van der Waals surface area contributed by atoms with E-state index in [1.54, 1.807) is 17.0 Å². The van der Waals surface area contributed by atoms with Crippen molar-refractivity contribution >= 4 is 17.5 Å². The molecule has 1 amide bonds. The molecule has 1 aromatic heterocycles. The summed E-state index contributed by atoms with van der Waals surface area (Å²) in [5.74, 6) is 1.93. The van der Waals surface area contributed by atoms with Crippen molar-refractivity contribution in [3.63, 3.8) is 0 Å². The van der Waals surface area contributed by atoms with Gasteiger partial charge in [0.15, 0.2) is 0 Å². The Kier molecular flexibility index (Phi) is 4.83. The highest BCUT2D eigenvalue weighted by Gasteiger charge is 2.23. The van der Waals surface area contributed by atoms with Gasteiger partial charge in [0.2, 0.25) is 0 Å². The highest BCUT2D eigenvalue weighted by atomic mass is 19.1. The molecule has 1 saturated heterocycles. The summed E-state index contributed by atoms with van der Waals surface area (Å²) >= 11 is 0. The average Bonchev–Trinajstić information content (AvgIpc) is 2.60. The van der Waals surface area contributed by atoms with Crippen molar-refractivity contribution in [2.24, 2.45) is 0 Å². The first-order valence-corrected chi connectivity index (χ1v) is 8.27. The van der Waals surface area contributed by atoms with Crippen LogP contribution in [0, 0.1) is 12.7 Å². The summed E-state index contributed by atoms with van der Waals surface area (Å²) in [5, 5.41) is 0. The first-order valence-electron chi connectivity index (χ1n) is 8.27. The minimum absolute atomic E-state index is 0.132. The highest BCUT2D eigenvalue weighted by molar-refractivity contribution is 5.94. The van der Waals surface area contributed by atoms with Gasteiger partial charge in [-0.2, -0.15) is 0 Å². The summed E-state index contributed by atoms with van der Waals surface area (Å²) < 4.78 is 13.3. The molecule has 25 heavy (non-hydrogen) atoms. The van der Waals surface area contributed by atoms with Crippen LogP contribution in [0.2, 0.25) is 0 Å². The second-order valence-corrected chi connectivity index (χ2v) is 6.32. The largest absolute Gasteiger partial charge is 0.363 e. The Balaban J connectivity index is 1.69. The van der Waals surface area contributed by atoms with Crippen LogP contribution >= 0.6 is 0 Å². The van der Waals surface area contributed by atoms with Gasteiger partial charge in [0.05, 0.1) is 0 Å². The van der Waals surface area contributed by atoms with Crippen molar-refractivity contribution in [3.8, 4) is 0 Å². The van der Waals surface area contributed by atoms with E-state index in [1.165, 1.54) is 12.1 Å². The third kappa shape index (κ3) is 3.87. The van der Waals surface area contributed by atoms with Crippen molar-refractivity contribution in [1.29, 1.82) is 0 Å². The van der Waals surface area contributed by atoms with E-state index in [0.29, 0.717) is 31.7 Å². The molecular weight excluding hydrogens is 321 g/mol. The molecule has 6 nitrogen and oxygen atoms in total. The van der Waals surface area contributed by atoms with Crippen LogP contribution in [0.3, 0.4) is 0 Å². The predicted molar refractivity (Wildman–Crippen MR) is 95.6 cm³/mol. The Morgan fingerprint density at radius 1 is 1.12 bits per heavy atom. The number of rotatable bonds is 3. The molecule has 0 spiro atoms. The minimum atomic E-state index is -0.392. The molecule has 0 aliphatic carbocycles. The first-order chi connectivity index (χ1) is 11.9. The van der Waals surface area contributed by atoms with Gasteiger partial charge in [-0.1, -0.05) is 6.07 Å². The summed E-state index contributed by atoms with van der Waals surface area (Å²) in [6.07, 6.45) is 0. The van der Waals surface area contributed by atoms with Crippen LogP contribution in [0.25, 0.3) is 0 Å². The lowest BCUT2D eigenvalue weighted by atomic mass is 10.1. The summed E-state index contributed by atoms with van der Waals surface area (Å²) in [4.78, 5) is 27.3. The van der Waals surface area contributed by atoms with Crippen LogP contribution < -0.4 is 9.80 Å². The van der Waals surface area contributed by atoms with Gasteiger partial charge in [-0.05, 0) is 25.1 Å². The van der Waals surface area contributed by atoms with Gasteiger partial charge in [0.25, 0.3) is 5.91 Å². The number of piperazine rings is 1. The highest BCUT2D eigenvalue weighted by Crippen LogP contribution is 2.20. The zero-order valence-electron chi connectivity index (χ0n) is 14.7. The number of anilines is 2. The lowest BCUT2D eigenvalue weighted by Gasteiger charge is -2.35. The van der Waals surface area contributed by atoms with Gasteiger partial charge in [0.1, 0.15) is 23.3 Å². The van der Waals surface area contributed by atoms with Crippen molar-refractivity contribution in [1.82, 2.24) is 14.9 Å². The van der Waals surface area contributed by atoms with Crippen molar-refractivity contribution in [3.05, 3.63) is 47.5 Å². The van der Waals surface area contributed by atoms with Gasteiger partial charge in [-0.3, -0.25) is 4.79 Å². The van der Waals surface area contributed by atoms with Crippen LogP contribution in [0.15, 0.2) is 30.3 Å². The number of amides is 1. The fourth-order valence-electron chi connectivity index (χ4n) is 2.87.